The summed E-state index contributed by atoms with van der Waals surface area (Å²) < 4.78 is 11.7. The summed E-state index contributed by atoms with van der Waals surface area (Å²) in [6.07, 6.45) is 6.00. The molecule has 0 spiro atoms. The van der Waals surface area contributed by atoms with Crippen molar-refractivity contribution >= 4 is 11.6 Å². The van der Waals surface area contributed by atoms with Gasteiger partial charge in [0.05, 0.1) is 18.2 Å². The monoisotopic (exact) mass is 338 g/mol. The average Bonchev–Trinajstić information content (AvgIpc) is 3.18. The lowest BCUT2D eigenvalue weighted by Crippen LogP contribution is -2.20. The molecule has 1 aromatic rings. The van der Waals surface area contributed by atoms with Crippen molar-refractivity contribution in [2.75, 3.05) is 27.2 Å². The van der Waals surface area contributed by atoms with Crippen LogP contribution in [0.4, 0.5) is 0 Å². The molecule has 23 heavy (non-hydrogen) atoms. The van der Waals surface area contributed by atoms with Crippen molar-refractivity contribution < 1.29 is 9.47 Å². The van der Waals surface area contributed by atoms with E-state index in [1.165, 1.54) is 18.4 Å². The number of hydrogen-bond donors (Lipinski definition) is 1. The normalized spacial score (nSPS) is 25.9. The second kappa shape index (κ2) is 7.29. The summed E-state index contributed by atoms with van der Waals surface area (Å²) in [5.74, 6) is 1.98. The summed E-state index contributed by atoms with van der Waals surface area (Å²) in [6, 6.07) is 4.46. The summed E-state index contributed by atoms with van der Waals surface area (Å²) in [6.45, 7) is 1.76. The molecule has 1 aliphatic heterocycles. The third-order valence-corrected chi connectivity index (χ3v) is 5.47. The Balaban J connectivity index is 1.84. The Morgan fingerprint density at radius 2 is 2.04 bits per heavy atom. The van der Waals surface area contributed by atoms with Crippen molar-refractivity contribution in [1.82, 2.24) is 4.90 Å². The van der Waals surface area contributed by atoms with E-state index in [9.17, 15) is 0 Å². The smallest absolute Gasteiger partial charge is 0.180 e. The van der Waals surface area contributed by atoms with Crippen LogP contribution in [0, 0.1) is 5.92 Å². The molecule has 2 fully saturated rings. The molecule has 2 atom stereocenters. The molecule has 0 amide bonds. The van der Waals surface area contributed by atoms with E-state index in [-0.39, 0.29) is 6.10 Å². The van der Waals surface area contributed by atoms with Gasteiger partial charge in [0.15, 0.2) is 11.5 Å². The van der Waals surface area contributed by atoms with Crippen LogP contribution in [0.2, 0.25) is 5.02 Å². The van der Waals surface area contributed by atoms with E-state index in [2.05, 4.69) is 18.0 Å². The standard InChI is InChI=1S/C18H27ClN2O2/c1-21-11-12(10-20)7-16(21)13-8-15(19)18(17(9-13)22-2)23-14-5-3-4-6-14/h8-9,12,14,16H,3-7,10-11,20H2,1-2H3. The molecule has 2 N–H and O–H groups in total. The maximum absolute atomic E-state index is 6.54. The molecule has 0 aromatic heterocycles. The first-order chi connectivity index (χ1) is 11.1. The molecule has 128 valence electrons. The summed E-state index contributed by atoms with van der Waals surface area (Å²) in [7, 11) is 3.82. The van der Waals surface area contributed by atoms with Crippen LogP contribution in [-0.4, -0.2) is 38.3 Å². The van der Waals surface area contributed by atoms with Gasteiger partial charge in [-0.05, 0) is 69.3 Å². The SMILES string of the molecule is COc1cc(C2CC(CN)CN2C)cc(Cl)c1OC1CCCC1. The van der Waals surface area contributed by atoms with Gasteiger partial charge in [-0.1, -0.05) is 11.6 Å². The molecule has 2 aliphatic rings. The molecular weight excluding hydrogens is 312 g/mol. The molecule has 4 nitrogen and oxygen atoms in total. The van der Waals surface area contributed by atoms with Crippen LogP contribution in [0.5, 0.6) is 11.5 Å². The van der Waals surface area contributed by atoms with Gasteiger partial charge in [0.1, 0.15) is 0 Å². The molecule has 3 rings (SSSR count). The molecule has 1 heterocycles. The third-order valence-electron chi connectivity index (χ3n) is 5.19. The van der Waals surface area contributed by atoms with Crippen molar-refractivity contribution in [3.8, 4) is 11.5 Å². The second-order valence-corrected chi connectivity index (χ2v) is 7.26. The van der Waals surface area contributed by atoms with Crippen LogP contribution in [0.3, 0.4) is 0 Å². The quantitative estimate of drug-likeness (QED) is 0.890. The summed E-state index contributed by atoms with van der Waals surface area (Å²) in [5, 5.41) is 0.649. The summed E-state index contributed by atoms with van der Waals surface area (Å²) in [4.78, 5) is 2.35. The molecule has 1 saturated carbocycles. The van der Waals surface area contributed by atoms with Gasteiger partial charge in [0.25, 0.3) is 0 Å². The van der Waals surface area contributed by atoms with E-state index in [1.54, 1.807) is 7.11 Å². The molecule has 0 radical (unpaired) electrons. The van der Waals surface area contributed by atoms with Crippen molar-refractivity contribution in [3.63, 3.8) is 0 Å². The highest BCUT2D eigenvalue weighted by Gasteiger charge is 2.31. The van der Waals surface area contributed by atoms with Gasteiger partial charge in [-0.3, -0.25) is 4.90 Å². The van der Waals surface area contributed by atoms with Crippen molar-refractivity contribution in [1.29, 1.82) is 0 Å². The Hall–Kier alpha value is -0.970. The van der Waals surface area contributed by atoms with Crippen molar-refractivity contribution in [2.45, 2.75) is 44.2 Å². The predicted octanol–water partition coefficient (Wildman–Crippen LogP) is 3.62. The van der Waals surface area contributed by atoms with Gasteiger partial charge in [0, 0.05) is 12.6 Å². The van der Waals surface area contributed by atoms with E-state index < -0.39 is 0 Å². The van der Waals surface area contributed by atoms with E-state index in [0.717, 1.165) is 38.1 Å². The Morgan fingerprint density at radius 3 is 2.65 bits per heavy atom. The zero-order chi connectivity index (χ0) is 16.4. The van der Waals surface area contributed by atoms with Crippen LogP contribution < -0.4 is 15.2 Å². The number of benzene rings is 1. The highest BCUT2D eigenvalue weighted by atomic mass is 35.5. The number of ether oxygens (including phenoxy) is 2. The molecule has 2 unspecified atom stereocenters. The second-order valence-electron chi connectivity index (χ2n) is 6.85. The van der Waals surface area contributed by atoms with Crippen LogP contribution in [-0.2, 0) is 0 Å². The molecule has 0 bridgehead atoms. The van der Waals surface area contributed by atoms with Gasteiger partial charge in [-0.25, -0.2) is 0 Å². The van der Waals surface area contributed by atoms with Crippen LogP contribution in [0.15, 0.2) is 12.1 Å². The number of halogens is 1. The Kier molecular flexibility index (Phi) is 5.34. The molecule has 1 saturated heterocycles. The topological polar surface area (TPSA) is 47.7 Å². The van der Waals surface area contributed by atoms with Gasteiger partial charge in [-0.15, -0.1) is 0 Å². The number of nitrogens with zero attached hydrogens (tertiary/aromatic N) is 1. The predicted molar refractivity (Wildman–Crippen MR) is 93.4 cm³/mol. The van der Waals surface area contributed by atoms with Crippen LogP contribution in [0.1, 0.15) is 43.7 Å². The van der Waals surface area contributed by atoms with Gasteiger partial charge >= 0.3 is 0 Å². The minimum absolute atomic E-state index is 0.267. The zero-order valence-electron chi connectivity index (χ0n) is 14.1. The zero-order valence-corrected chi connectivity index (χ0v) is 14.8. The van der Waals surface area contributed by atoms with Crippen molar-refractivity contribution in [2.24, 2.45) is 11.7 Å². The fourth-order valence-electron chi connectivity index (χ4n) is 3.89. The van der Waals surface area contributed by atoms with Gasteiger partial charge in [-0.2, -0.15) is 0 Å². The van der Waals surface area contributed by atoms with Crippen LogP contribution in [0.25, 0.3) is 0 Å². The maximum atomic E-state index is 6.54. The lowest BCUT2D eigenvalue weighted by atomic mass is 9.99. The number of rotatable bonds is 5. The Morgan fingerprint density at radius 1 is 1.30 bits per heavy atom. The number of likely N-dealkylation sites (tertiary alicyclic amines) is 1. The highest BCUT2D eigenvalue weighted by Crippen LogP contribution is 2.43. The van der Waals surface area contributed by atoms with Crippen LogP contribution >= 0.6 is 11.6 Å². The Labute approximate surface area is 143 Å². The summed E-state index contributed by atoms with van der Waals surface area (Å²) >= 11 is 6.54. The fourth-order valence-corrected chi connectivity index (χ4v) is 4.15. The Bertz CT molecular complexity index is 546. The molecular formula is C18H27ClN2O2. The van der Waals surface area contributed by atoms with E-state index in [1.807, 2.05) is 6.07 Å². The largest absolute Gasteiger partial charge is 0.493 e. The van der Waals surface area contributed by atoms with E-state index in [0.29, 0.717) is 22.7 Å². The first-order valence-electron chi connectivity index (χ1n) is 8.56. The first kappa shape index (κ1) is 16.9. The molecule has 1 aliphatic carbocycles. The fraction of sp³-hybridized carbons (Fsp3) is 0.667. The number of nitrogens with two attached hydrogens (primary N) is 1. The lowest BCUT2D eigenvalue weighted by Gasteiger charge is -2.23. The minimum atomic E-state index is 0.267. The number of hydrogen-bond acceptors (Lipinski definition) is 4. The maximum Gasteiger partial charge on any atom is 0.180 e. The molecule has 5 heteroatoms. The lowest BCUT2D eigenvalue weighted by molar-refractivity contribution is 0.200. The highest BCUT2D eigenvalue weighted by molar-refractivity contribution is 6.32. The van der Waals surface area contributed by atoms with E-state index >= 15 is 0 Å². The van der Waals surface area contributed by atoms with Gasteiger partial charge < -0.3 is 15.2 Å². The van der Waals surface area contributed by atoms with E-state index in [4.69, 9.17) is 26.8 Å². The minimum Gasteiger partial charge on any atom is -0.493 e. The van der Waals surface area contributed by atoms with Crippen molar-refractivity contribution in [3.05, 3.63) is 22.7 Å². The number of methoxy groups -OCH3 is 1. The third kappa shape index (κ3) is 3.59. The average molecular weight is 339 g/mol. The first-order valence-corrected chi connectivity index (χ1v) is 8.94. The summed E-state index contributed by atoms with van der Waals surface area (Å²) in [5.41, 5.74) is 7.02. The van der Waals surface area contributed by atoms with Gasteiger partial charge in [0.2, 0.25) is 0 Å². The molecule has 1 aromatic carbocycles.